The van der Waals surface area contributed by atoms with Crippen molar-refractivity contribution in [3.63, 3.8) is 0 Å². The number of hydrogen-bond acceptors (Lipinski definition) is 7. The molecule has 9 nitrogen and oxygen atoms in total. The summed E-state index contributed by atoms with van der Waals surface area (Å²) in [6.45, 7) is 4.32. The molecule has 178 valence electrons. The Bertz CT molecular complexity index is 985. The number of carbonyl (C=O) groups is 1. The average Bonchev–Trinajstić information content (AvgIpc) is 3.42. The topological polar surface area (TPSA) is 90.7 Å². The van der Waals surface area contributed by atoms with Crippen LogP contribution in [0, 0.1) is 5.92 Å². The first-order valence-electron chi connectivity index (χ1n) is 12.1. The van der Waals surface area contributed by atoms with Crippen molar-refractivity contribution in [3.8, 4) is 17.2 Å². The predicted molar refractivity (Wildman–Crippen MR) is 121 cm³/mol. The fourth-order valence-corrected chi connectivity index (χ4v) is 5.11. The van der Waals surface area contributed by atoms with Crippen LogP contribution in [0.25, 0.3) is 0 Å². The van der Waals surface area contributed by atoms with Gasteiger partial charge in [-0.1, -0.05) is 19.3 Å². The molecule has 3 aliphatic rings. The van der Waals surface area contributed by atoms with Crippen LogP contribution < -0.4 is 19.5 Å². The molecule has 9 heteroatoms. The standard InChI is InChI=1S/C24H33N5O4/c1-31-19-13-17(14-20-23(19)33-16-32-20)15-28-10-8-22-27-26-21(29(22)12-11-28)7-9-25-24(30)18-5-3-2-4-6-18/h13-14,18H,2-12,15-16H2,1H3,(H,25,30). The van der Waals surface area contributed by atoms with Crippen LogP contribution in [0.4, 0.5) is 0 Å². The number of ether oxygens (including phenoxy) is 3. The minimum absolute atomic E-state index is 0.192. The summed E-state index contributed by atoms with van der Waals surface area (Å²) in [4.78, 5) is 14.8. The molecule has 2 aliphatic heterocycles. The zero-order valence-corrected chi connectivity index (χ0v) is 19.3. The molecule has 33 heavy (non-hydrogen) atoms. The van der Waals surface area contributed by atoms with Gasteiger partial charge in [0.1, 0.15) is 11.6 Å². The van der Waals surface area contributed by atoms with Crippen molar-refractivity contribution in [1.29, 1.82) is 0 Å². The third-order valence-electron chi connectivity index (χ3n) is 6.94. The van der Waals surface area contributed by atoms with Gasteiger partial charge in [-0.15, -0.1) is 10.2 Å². The highest BCUT2D eigenvalue weighted by molar-refractivity contribution is 5.78. The third-order valence-corrected chi connectivity index (χ3v) is 6.94. The van der Waals surface area contributed by atoms with E-state index in [1.54, 1.807) is 7.11 Å². The second-order valence-electron chi connectivity index (χ2n) is 9.12. The number of carbonyl (C=O) groups excluding carboxylic acids is 1. The molecule has 1 amide bonds. The first kappa shape index (κ1) is 22.0. The number of fused-ring (bicyclic) bond motifs is 2. The van der Waals surface area contributed by atoms with Crippen LogP contribution in [0.2, 0.25) is 0 Å². The van der Waals surface area contributed by atoms with Crippen molar-refractivity contribution in [2.24, 2.45) is 5.92 Å². The second kappa shape index (κ2) is 9.99. The Kier molecular flexibility index (Phi) is 6.66. The maximum atomic E-state index is 12.4. The summed E-state index contributed by atoms with van der Waals surface area (Å²) in [5, 5.41) is 12.0. The number of nitrogens with one attached hydrogen (secondary N) is 1. The lowest BCUT2D eigenvalue weighted by Crippen LogP contribution is -2.33. The molecule has 1 aromatic carbocycles. The normalized spacial score (nSPS) is 18.6. The Morgan fingerprint density at radius 1 is 1.15 bits per heavy atom. The van der Waals surface area contributed by atoms with E-state index in [4.69, 9.17) is 14.2 Å². The minimum Gasteiger partial charge on any atom is -0.493 e. The molecular weight excluding hydrogens is 422 g/mol. The molecule has 3 heterocycles. The van der Waals surface area contributed by atoms with Crippen LogP contribution >= 0.6 is 0 Å². The minimum atomic E-state index is 0.192. The van der Waals surface area contributed by atoms with Gasteiger partial charge in [-0.2, -0.15) is 0 Å². The molecule has 0 atom stereocenters. The van der Waals surface area contributed by atoms with E-state index in [2.05, 4.69) is 25.0 Å². The van der Waals surface area contributed by atoms with E-state index in [9.17, 15) is 4.79 Å². The van der Waals surface area contributed by atoms with Gasteiger partial charge in [-0.05, 0) is 30.5 Å². The lowest BCUT2D eigenvalue weighted by Gasteiger charge is -2.21. The van der Waals surface area contributed by atoms with Crippen molar-refractivity contribution in [2.75, 3.05) is 33.5 Å². The van der Waals surface area contributed by atoms with Crippen molar-refractivity contribution < 1.29 is 19.0 Å². The third kappa shape index (κ3) is 4.93. The molecule has 1 saturated carbocycles. The van der Waals surface area contributed by atoms with Gasteiger partial charge >= 0.3 is 0 Å². The molecular formula is C24H33N5O4. The molecule has 1 N–H and O–H groups in total. The summed E-state index contributed by atoms with van der Waals surface area (Å²) in [6.07, 6.45) is 7.22. The Hall–Kier alpha value is -2.81. The van der Waals surface area contributed by atoms with E-state index < -0.39 is 0 Å². The SMILES string of the molecule is COc1cc(CN2CCc3nnc(CCNC(=O)C4CCCCC4)n3CC2)cc2c1OCO2. The van der Waals surface area contributed by atoms with Crippen molar-refractivity contribution in [3.05, 3.63) is 29.3 Å². The zero-order valence-electron chi connectivity index (χ0n) is 19.3. The zero-order chi connectivity index (χ0) is 22.6. The summed E-state index contributed by atoms with van der Waals surface area (Å²) in [5.74, 6) is 4.52. The van der Waals surface area contributed by atoms with Crippen molar-refractivity contribution in [2.45, 2.75) is 58.0 Å². The Morgan fingerprint density at radius 2 is 2.03 bits per heavy atom. The van der Waals surface area contributed by atoms with Crippen molar-refractivity contribution >= 4 is 5.91 Å². The molecule has 1 aliphatic carbocycles. The second-order valence-corrected chi connectivity index (χ2v) is 9.12. The van der Waals surface area contributed by atoms with E-state index in [1.807, 2.05) is 12.1 Å². The largest absolute Gasteiger partial charge is 0.493 e. The molecule has 1 aromatic heterocycles. The molecule has 0 bridgehead atoms. The number of hydrogen-bond donors (Lipinski definition) is 1. The first-order valence-corrected chi connectivity index (χ1v) is 12.1. The highest BCUT2D eigenvalue weighted by Crippen LogP contribution is 2.42. The summed E-state index contributed by atoms with van der Waals surface area (Å²) in [7, 11) is 1.65. The lowest BCUT2D eigenvalue weighted by molar-refractivity contribution is -0.125. The number of rotatable bonds is 7. The molecule has 0 unspecified atom stereocenters. The maximum Gasteiger partial charge on any atom is 0.231 e. The van der Waals surface area contributed by atoms with E-state index in [0.29, 0.717) is 24.5 Å². The predicted octanol–water partition coefficient (Wildman–Crippen LogP) is 2.31. The number of methoxy groups -OCH3 is 1. The molecule has 2 aromatic rings. The summed E-state index contributed by atoms with van der Waals surface area (Å²) >= 11 is 0. The summed E-state index contributed by atoms with van der Waals surface area (Å²) in [5.41, 5.74) is 1.14. The monoisotopic (exact) mass is 455 g/mol. The fourth-order valence-electron chi connectivity index (χ4n) is 5.11. The van der Waals surface area contributed by atoms with E-state index >= 15 is 0 Å². The summed E-state index contributed by atoms with van der Waals surface area (Å²) < 4.78 is 18.8. The van der Waals surface area contributed by atoms with Gasteiger partial charge in [0.25, 0.3) is 0 Å². The Morgan fingerprint density at radius 3 is 2.88 bits per heavy atom. The highest BCUT2D eigenvalue weighted by Gasteiger charge is 2.24. The van der Waals surface area contributed by atoms with Gasteiger partial charge in [0, 0.05) is 51.5 Å². The molecule has 1 fully saturated rings. The molecule has 0 radical (unpaired) electrons. The van der Waals surface area contributed by atoms with Crippen LogP contribution in [0.3, 0.4) is 0 Å². The van der Waals surface area contributed by atoms with Gasteiger partial charge < -0.3 is 24.1 Å². The van der Waals surface area contributed by atoms with Gasteiger partial charge in [-0.25, -0.2) is 0 Å². The number of benzene rings is 1. The van der Waals surface area contributed by atoms with E-state index in [-0.39, 0.29) is 18.6 Å². The molecule has 5 rings (SSSR count). The van der Waals surface area contributed by atoms with Crippen LogP contribution in [0.5, 0.6) is 17.2 Å². The van der Waals surface area contributed by atoms with Crippen LogP contribution in [0.15, 0.2) is 12.1 Å². The van der Waals surface area contributed by atoms with Gasteiger partial charge in [0.15, 0.2) is 11.5 Å². The van der Waals surface area contributed by atoms with Crippen LogP contribution in [-0.4, -0.2) is 59.1 Å². The van der Waals surface area contributed by atoms with Crippen LogP contribution in [-0.2, 0) is 30.7 Å². The maximum absolute atomic E-state index is 12.4. The summed E-state index contributed by atoms with van der Waals surface area (Å²) in [6, 6.07) is 4.06. The van der Waals surface area contributed by atoms with Crippen LogP contribution in [0.1, 0.15) is 49.3 Å². The quantitative estimate of drug-likeness (QED) is 0.685. The number of aromatic nitrogens is 3. The van der Waals surface area contributed by atoms with Gasteiger partial charge in [0.2, 0.25) is 18.4 Å². The average molecular weight is 456 g/mol. The Balaban J connectivity index is 1.16. The number of nitrogens with zero attached hydrogens (tertiary/aromatic N) is 4. The first-order chi connectivity index (χ1) is 16.2. The fraction of sp³-hybridized carbons (Fsp3) is 0.625. The Labute approximate surface area is 194 Å². The van der Waals surface area contributed by atoms with Gasteiger partial charge in [-0.3, -0.25) is 9.69 Å². The molecule has 0 saturated heterocycles. The molecule has 0 spiro atoms. The lowest BCUT2D eigenvalue weighted by atomic mass is 9.89. The van der Waals surface area contributed by atoms with E-state index in [0.717, 1.165) is 68.4 Å². The van der Waals surface area contributed by atoms with Gasteiger partial charge in [0.05, 0.1) is 7.11 Å². The van der Waals surface area contributed by atoms with Crippen molar-refractivity contribution in [1.82, 2.24) is 25.0 Å². The highest BCUT2D eigenvalue weighted by atomic mass is 16.7. The van der Waals surface area contributed by atoms with E-state index in [1.165, 1.54) is 19.3 Å². The number of amides is 1. The smallest absolute Gasteiger partial charge is 0.231 e.